The average molecular weight is 275 g/mol. The summed E-state index contributed by atoms with van der Waals surface area (Å²) < 4.78 is 5.69. The van der Waals surface area contributed by atoms with E-state index in [0.717, 1.165) is 11.3 Å². The molecule has 19 heavy (non-hydrogen) atoms. The van der Waals surface area contributed by atoms with Crippen LogP contribution in [0.2, 0.25) is 0 Å². The van der Waals surface area contributed by atoms with Crippen LogP contribution in [0.3, 0.4) is 0 Å². The van der Waals surface area contributed by atoms with Crippen LogP contribution in [0.15, 0.2) is 46.5 Å². The van der Waals surface area contributed by atoms with E-state index in [0.29, 0.717) is 11.8 Å². The molecule has 0 spiro atoms. The molecule has 0 saturated heterocycles. The molecule has 3 N–H and O–H groups in total. The molecule has 3 rings (SSSR count). The molecule has 2 heterocycles. The van der Waals surface area contributed by atoms with Gasteiger partial charge in [0.25, 0.3) is 5.56 Å². The van der Waals surface area contributed by atoms with E-state index >= 15 is 0 Å². The second-order valence-corrected chi connectivity index (χ2v) is 5.50. The van der Waals surface area contributed by atoms with Crippen LogP contribution in [0.5, 0.6) is 5.75 Å². The van der Waals surface area contributed by atoms with Gasteiger partial charge in [0.2, 0.25) is 0 Å². The van der Waals surface area contributed by atoms with E-state index in [1.165, 1.54) is 24.0 Å². The van der Waals surface area contributed by atoms with E-state index in [9.17, 15) is 4.79 Å². The van der Waals surface area contributed by atoms with Crippen molar-refractivity contribution in [3.63, 3.8) is 0 Å². The molecule has 0 saturated carbocycles. The van der Waals surface area contributed by atoms with Crippen molar-refractivity contribution >= 4 is 11.8 Å². The largest absolute Gasteiger partial charge is 0.492 e. The molecule has 6 heteroatoms. The summed E-state index contributed by atoms with van der Waals surface area (Å²) in [4.78, 5) is 18.0. The van der Waals surface area contributed by atoms with Crippen molar-refractivity contribution in [3.05, 3.63) is 52.4 Å². The summed E-state index contributed by atoms with van der Waals surface area (Å²) >= 11 is 1.43. The van der Waals surface area contributed by atoms with Gasteiger partial charge in [0.1, 0.15) is 12.4 Å². The zero-order valence-electron chi connectivity index (χ0n) is 10.1. The SMILES string of the molecule is NC1c2ccccc2OCC1Sc1nccc(=O)[nH]1. The van der Waals surface area contributed by atoms with E-state index in [1.807, 2.05) is 24.3 Å². The Morgan fingerprint density at radius 2 is 2.21 bits per heavy atom. The van der Waals surface area contributed by atoms with Crippen LogP contribution in [-0.4, -0.2) is 21.8 Å². The molecule has 1 aromatic carbocycles. The standard InChI is InChI=1S/C13H13N3O2S/c14-12-8-3-1-2-4-9(8)18-7-10(12)19-13-15-6-5-11(17)16-13/h1-6,10,12H,7,14H2,(H,15,16,17). The normalized spacial score (nSPS) is 21.5. The zero-order chi connectivity index (χ0) is 13.2. The van der Waals surface area contributed by atoms with Gasteiger partial charge in [-0.25, -0.2) is 4.98 Å². The number of para-hydroxylation sites is 1. The predicted octanol–water partition coefficient (Wildman–Crippen LogP) is 1.32. The number of rotatable bonds is 2. The molecule has 0 amide bonds. The third-order valence-electron chi connectivity index (χ3n) is 2.99. The molecular formula is C13H13N3O2S. The first-order valence-electron chi connectivity index (χ1n) is 5.93. The summed E-state index contributed by atoms with van der Waals surface area (Å²) in [6.07, 6.45) is 1.49. The molecule has 1 aliphatic rings. The van der Waals surface area contributed by atoms with E-state index in [2.05, 4.69) is 9.97 Å². The van der Waals surface area contributed by atoms with Gasteiger partial charge in [0.15, 0.2) is 5.16 Å². The number of H-pyrrole nitrogens is 1. The Hall–Kier alpha value is -1.79. The number of fused-ring (bicyclic) bond motifs is 1. The van der Waals surface area contributed by atoms with E-state index in [-0.39, 0.29) is 16.9 Å². The molecule has 98 valence electrons. The Morgan fingerprint density at radius 1 is 1.37 bits per heavy atom. The number of nitrogens with zero attached hydrogens (tertiary/aromatic N) is 1. The maximum absolute atomic E-state index is 11.2. The Morgan fingerprint density at radius 3 is 3.05 bits per heavy atom. The highest BCUT2D eigenvalue weighted by Gasteiger charge is 2.29. The summed E-state index contributed by atoms with van der Waals surface area (Å²) in [5.41, 5.74) is 7.08. The fraction of sp³-hybridized carbons (Fsp3) is 0.231. The predicted molar refractivity (Wildman–Crippen MR) is 73.4 cm³/mol. The lowest BCUT2D eigenvalue weighted by Gasteiger charge is -2.30. The van der Waals surface area contributed by atoms with Gasteiger partial charge in [0.05, 0.1) is 5.25 Å². The van der Waals surface area contributed by atoms with Gasteiger partial charge in [-0.15, -0.1) is 0 Å². The number of ether oxygens (including phenoxy) is 1. The first-order valence-corrected chi connectivity index (χ1v) is 6.81. The molecule has 0 aliphatic carbocycles. The summed E-state index contributed by atoms with van der Waals surface area (Å²) in [6.45, 7) is 0.501. The molecule has 0 bridgehead atoms. The summed E-state index contributed by atoms with van der Waals surface area (Å²) in [5.74, 6) is 0.835. The lowest BCUT2D eigenvalue weighted by atomic mass is 10.0. The molecule has 2 atom stereocenters. The molecule has 1 aromatic heterocycles. The zero-order valence-corrected chi connectivity index (χ0v) is 10.9. The lowest BCUT2D eigenvalue weighted by Crippen LogP contribution is -2.34. The topological polar surface area (TPSA) is 81.0 Å². The van der Waals surface area contributed by atoms with Gasteiger partial charge in [0, 0.05) is 23.9 Å². The van der Waals surface area contributed by atoms with E-state index < -0.39 is 0 Å². The van der Waals surface area contributed by atoms with Gasteiger partial charge < -0.3 is 15.5 Å². The number of aromatic nitrogens is 2. The van der Waals surface area contributed by atoms with Gasteiger partial charge >= 0.3 is 0 Å². The fourth-order valence-corrected chi connectivity index (χ4v) is 3.02. The van der Waals surface area contributed by atoms with Crippen molar-refractivity contribution in [3.8, 4) is 5.75 Å². The number of nitrogens with one attached hydrogen (secondary N) is 1. The molecule has 1 aliphatic heterocycles. The van der Waals surface area contributed by atoms with Gasteiger partial charge in [-0.05, 0) is 6.07 Å². The van der Waals surface area contributed by atoms with E-state index in [1.54, 1.807) is 0 Å². The smallest absolute Gasteiger partial charge is 0.251 e. The van der Waals surface area contributed by atoms with Gasteiger partial charge in [-0.3, -0.25) is 4.79 Å². The highest BCUT2D eigenvalue weighted by molar-refractivity contribution is 7.99. The first-order chi connectivity index (χ1) is 9.24. The van der Waals surface area contributed by atoms with Crippen molar-refractivity contribution in [2.24, 2.45) is 5.73 Å². The van der Waals surface area contributed by atoms with Crippen molar-refractivity contribution < 1.29 is 4.74 Å². The highest BCUT2D eigenvalue weighted by Crippen LogP contribution is 2.37. The van der Waals surface area contributed by atoms with Crippen LogP contribution < -0.4 is 16.0 Å². The third-order valence-corrected chi connectivity index (χ3v) is 4.16. The summed E-state index contributed by atoms with van der Waals surface area (Å²) in [6, 6.07) is 9.00. The Bertz CT molecular complexity index is 644. The monoisotopic (exact) mass is 275 g/mol. The minimum absolute atomic E-state index is 0.0282. The first kappa shape index (κ1) is 12.3. The lowest BCUT2D eigenvalue weighted by molar-refractivity contribution is 0.276. The molecule has 0 radical (unpaired) electrons. The number of hydrogen-bond acceptors (Lipinski definition) is 5. The number of benzene rings is 1. The average Bonchev–Trinajstić information content (AvgIpc) is 2.42. The fourth-order valence-electron chi connectivity index (χ4n) is 2.03. The summed E-state index contributed by atoms with van der Waals surface area (Å²) in [5, 5.41) is 0.594. The van der Waals surface area contributed by atoms with Gasteiger partial charge in [-0.1, -0.05) is 30.0 Å². The maximum atomic E-state index is 11.2. The molecule has 2 aromatic rings. The van der Waals surface area contributed by atoms with Crippen LogP contribution in [0.1, 0.15) is 11.6 Å². The van der Waals surface area contributed by atoms with Crippen molar-refractivity contribution in [2.45, 2.75) is 16.4 Å². The molecule has 5 nitrogen and oxygen atoms in total. The minimum Gasteiger partial charge on any atom is -0.492 e. The second-order valence-electron chi connectivity index (χ2n) is 4.27. The number of aromatic amines is 1. The van der Waals surface area contributed by atoms with E-state index in [4.69, 9.17) is 10.5 Å². The third kappa shape index (κ3) is 2.50. The summed E-state index contributed by atoms with van der Waals surface area (Å²) in [7, 11) is 0. The van der Waals surface area contributed by atoms with Crippen molar-refractivity contribution in [1.29, 1.82) is 0 Å². The molecular weight excluding hydrogens is 262 g/mol. The molecule has 2 unspecified atom stereocenters. The van der Waals surface area contributed by atoms with Crippen molar-refractivity contribution in [2.75, 3.05) is 6.61 Å². The Kier molecular flexibility index (Phi) is 3.27. The Balaban J connectivity index is 1.83. The number of hydrogen-bond donors (Lipinski definition) is 2. The van der Waals surface area contributed by atoms with Crippen LogP contribution in [0.4, 0.5) is 0 Å². The Labute approximate surface area is 114 Å². The quantitative estimate of drug-likeness (QED) is 0.808. The van der Waals surface area contributed by atoms with Crippen LogP contribution in [0.25, 0.3) is 0 Å². The molecule has 0 fully saturated rings. The van der Waals surface area contributed by atoms with Crippen LogP contribution in [0, 0.1) is 0 Å². The maximum Gasteiger partial charge on any atom is 0.251 e. The van der Waals surface area contributed by atoms with Crippen LogP contribution in [-0.2, 0) is 0 Å². The van der Waals surface area contributed by atoms with Crippen molar-refractivity contribution in [1.82, 2.24) is 9.97 Å². The second kappa shape index (κ2) is 5.07. The van der Waals surface area contributed by atoms with Crippen LogP contribution >= 0.6 is 11.8 Å². The number of nitrogens with two attached hydrogens (primary N) is 1. The number of thioether (sulfide) groups is 1. The highest BCUT2D eigenvalue weighted by atomic mass is 32.2. The minimum atomic E-state index is -0.164. The van der Waals surface area contributed by atoms with Gasteiger partial charge in [-0.2, -0.15) is 0 Å².